The van der Waals surface area contributed by atoms with E-state index in [0.29, 0.717) is 11.7 Å². The molecular formula is C17H27IN4O2S. The predicted molar refractivity (Wildman–Crippen MR) is 113 cm³/mol. The highest BCUT2D eigenvalue weighted by Gasteiger charge is 2.26. The Morgan fingerprint density at radius 1 is 1.36 bits per heavy atom. The number of hydrogen-bond donors (Lipinski definition) is 3. The summed E-state index contributed by atoms with van der Waals surface area (Å²) in [4.78, 5) is 10.0. The minimum atomic E-state index is -1.14. The van der Waals surface area contributed by atoms with Gasteiger partial charge in [0.2, 0.25) is 0 Å². The Hall–Kier alpha value is -1.13. The van der Waals surface area contributed by atoms with Gasteiger partial charge in [-0.3, -0.25) is 0 Å². The van der Waals surface area contributed by atoms with Gasteiger partial charge in [0.1, 0.15) is 17.1 Å². The highest BCUT2D eigenvalue weighted by Crippen LogP contribution is 2.23. The average Bonchev–Trinajstić information content (AvgIpc) is 3.14. The van der Waals surface area contributed by atoms with Crippen LogP contribution in [-0.4, -0.2) is 35.7 Å². The Morgan fingerprint density at radius 2 is 2.12 bits per heavy atom. The monoisotopic (exact) mass is 478 g/mol. The molecule has 0 radical (unpaired) electrons. The van der Waals surface area contributed by atoms with Crippen LogP contribution in [0.2, 0.25) is 0 Å². The smallest absolute Gasteiger partial charge is 0.191 e. The first-order valence-electron chi connectivity index (χ1n) is 8.13. The molecule has 0 amide bonds. The van der Waals surface area contributed by atoms with E-state index in [1.54, 1.807) is 24.3 Å². The third kappa shape index (κ3) is 6.95. The minimum absolute atomic E-state index is 0. The molecule has 2 heterocycles. The Labute approximate surface area is 170 Å². The van der Waals surface area contributed by atoms with Gasteiger partial charge in [-0.2, -0.15) is 0 Å². The lowest BCUT2D eigenvalue weighted by Crippen LogP contribution is -2.39. The number of aryl methyl sites for hydroxylation is 2. The number of aliphatic hydroxyl groups is 1. The fraction of sp³-hybridized carbons (Fsp3) is 0.529. The number of furan rings is 1. The Balaban J connectivity index is 0.00000312. The molecule has 0 fully saturated rings. The third-order valence-electron chi connectivity index (χ3n) is 3.46. The van der Waals surface area contributed by atoms with E-state index in [1.165, 1.54) is 4.88 Å². The first-order valence-corrected chi connectivity index (χ1v) is 8.95. The summed E-state index contributed by atoms with van der Waals surface area (Å²) >= 11 is 1.71. The number of aliphatic imine (C=N–C) groups is 1. The van der Waals surface area contributed by atoms with Gasteiger partial charge in [0.25, 0.3) is 0 Å². The van der Waals surface area contributed by atoms with E-state index in [4.69, 9.17) is 4.42 Å². The molecule has 2 aromatic heterocycles. The second kappa shape index (κ2) is 10.1. The Morgan fingerprint density at radius 3 is 2.68 bits per heavy atom. The highest BCUT2D eigenvalue weighted by molar-refractivity contribution is 14.0. The van der Waals surface area contributed by atoms with Gasteiger partial charge in [-0.15, -0.1) is 35.3 Å². The largest absolute Gasteiger partial charge is 0.463 e. The van der Waals surface area contributed by atoms with E-state index in [2.05, 4.69) is 27.5 Å². The molecule has 6 nitrogen and oxygen atoms in total. The van der Waals surface area contributed by atoms with E-state index in [1.807, 2.05) is 26.1 Å². The van der Waals surface area contributed by atoms with Gasteiger partial charge in [-0.25, -0.2) is 9.98 Å². The molecule has 0 saturated carbocycles. The van der Waals surface area contributed by atoms with Crippen LogP contribution in [0.4, 0.5) is 0 Å². The van der Waals surface area contributed by atoms with E-state index < -0.39 is 5.60 Å². The van der Waals surface area contributed by atoms with E-state index >= 15 is 0 Å². The molecule has 2 rings (SSSR count). The zero-order valence-electron chi connectivity index (χ0n) is 15.1. The van der Waals surface area contributed by atoms with Crippen LogP contribution in [-0.2, 0) is 12.0 Å². The molecule has 0 aliphatic rings. The van der Waals surface area contributed by atoms with Crippen LogP contribution in [0.15, 0.2) is 27.7 Å². The number of halogens is 1. The summed E-state index contributed by atoms with van der Waals surface area (Å²) in [5, 5.41) is 18.1. The standard InChI is InChI=1S/C17H26N4O2S.HI/c1-5-18-16(19-9-8-15-20-10-13(3)24-15)21-11-17(4,22)14-7-6-12(2)23-14;/h6-7,10,22H,5,8-9,11H2,1-4H3,(H2,18,19,21);1H. The van der Waals surface area contributed by atoms with Crippen molar-refractivity contribution in [2.75, 3.05) is 19.6 Å². The number of nitrogens with zero attached hydrogens (tertiary/aromatic N) is 2. The van der Waals surface area contributed by atoms with Crippen LogP contribution in [0, 0.1) is 13.8 Å². The van der Waals surface area contributed by atoms with Crippen molar-refractivity contribution in [3.8, 4) is 0 Å². The van der Waals surface area contributed by atoms with Crippen molar-refractivity contribution in [3.05, 3.63) is 39.7 Å². The van der Waals surface area contributed by atoms with Crippen molar-refractivity contribution >= 4 is 41.3 Å². The molecule has 0 aliphatic carbocycles. The van der Waals surface area contributed by atoms with Crippen LogP contribution in [0.3, 0.4) is 0 Å². The molecular weight excluding hydrogens is 451 g/mol. The molecule has 2 aromatic rings. The summed E-state index contributed by atoms with van der Waals surface area (Å²) < 4.78 is 5.51. The second-order valence-electron chi connectivity index (χ2n) is 5.92. The molecule has 3 N–H and O–H groups in total. The van der Waals surface area contributed by atoms with Crippen LogP contribution in [0.5, 0.6) is 0 Å². The van der Waals surface area contributed by atoms with Crippen molar-refractivity contribution in [1.82, 2.24) is 15.6 Å². The molecule has 0 spiro atoms. The third-order valence-corrected chi connectivity index (χ3v) is 4.43. The van der Waals surface area contributed by atoms with E-state index in [-0.39, 0.29) is 30.5 Å². The predicted octanol–water partition coefficient (Wildman–Crippen LogP) is 2.98. The van der Waals surface area contributed by atoms with Gasteiger partial charge in [0.05, 0.1) is 11.6 Å². The van der Waals surface area contributed by atoms with Gasteiger partial charge in [0, 0.05) is 30.6 Å². The van der Waals surface area contributed by atoms with Crippen molar-refractivity contribution in [2.45, 2.75) is 39.7 Å². The van der Waals surface area contributed by atoms with Gasteiger partial charge >= 0.3 is 0 Å². The van der Waals surface area contributed by atoms with Crippen molar-refractivity contribution in [2.24, 2.45) is 4.99 Å². The number of rotatable bonds is 7. The molecule has 0 saturated heterocycles. The second-order valence-corrected chi connectivity index (χ2v) is 7.24. The lowest BCUT2D eigenvalue weighted by atomic mass is 10.0. The normalized spacial score (nSPS) is 13.9. The van der Waals surface area contributed by atoms with Crippen LogP contribution in [0.25, 0.3) is 0 Å². The number of thiazole rings is 1. The molecule has 0 aromatic carbocycles. The van der Waals surface area contributed by atoms with Crippen molar-refractivity contribution in [3.63, 3.8) is 0 Å². The fourth-order valence-corrected chi connectivity index (χ4v) is 2.97. The molecule has 0 aliphatic heterocycles. The van der Waals surface area contributed by atoms with Crippen LogP contribution >= 0.6 is 35.3 Å². The number of nitrogens with one attached hydrogen (secondary N) is 2. The summed E-state index contributed by atoms with van der Waals surface area (Å²) in [6.07, 6.45) is 2.73. The van der Waals surface area contributed by atoms with Gasteiger partial charge in [0.15, 0.2) is 5.96 Å². The lowest BCUT2D eigenvalue weighted by Gasteiger charge is -2.19. The number of guanidine groups is 1. The SMILES string of the molecule is CCNC(=NCC(C)(O)c1ccc(C)o1)NCCc1ncc(C)s1.I. The molecule has 8 heteroatoms. The molecule has 25 heavy (non-hydrogen) atoms. The maximum Gasteiger partial charge on any atom is 0.191 e. The lowest BCUT2D eigenvalue weighted by molar-refractivity contribution is 0.0428. The minimum Gasteiger partial charge on any atom is -0.463 e. The first kappa shape index (κ1) is 21.9. The first-order chi connectivity index (χ1) is 11.4. The van der Waals surface area contributed by atoms with E-state index in [0.717, 1.165) is 30.3 Å². The summed E-state index contributed by atoms with van der Waals surface area (Å²) in [6.45, 7) is 9.33. The highest BCUT2D eigenvalue weighted by atomic mass is 127. The maximum absolute atomic E-state index is 10.6. The maximum atomic E-state index is 10.6. The van der Waals surface area contributed by atoms with Gasteiger partial charge in [-0.1, -0.05) is 0 Å². The van der Waals surface area contributed by atoms with Crippen LogP contribution in [0.1, 0.15) is 35.3 Å². The fourth-order valence-electron chi connectivity index (χ4n) is 2.18. The average molecular weight is 478 g/mol. The molecule has 0 bridgehead atoms. The number of aromatic nitrogens is 1. The number of hydrogen-bond acceptors (Lipinski definition) is 5. The van der Waals surface area contributed by atoms with E-state index in [9.17, 15) is 5.11 Å². The summed E-state index contributed by atoms with van der Waals surface area (Å²) in [7, 11) is 0. The quantitative estimate of drug-likeness (QED) is 0.324. The van der Waals surface area contributed by atoms with Gasteiger partial charge < -0.3 is 20.2 Å². The molecule has 1 unspecified atom stereocenters. The summed E-state index contributed by atoms with van der Waals surface area (Å²) in [5.41, 5.74) is -1.14. The topological polar surface area (TPSA) is 82.7 Å². The van der Waals surface area contributed by atoms with Crippen molar-refractivity contribution in [1.29, 1.82) is 0 Å². The Kier molecular flexibility index (Phi) is 8.87. The van der Waals surface area contributed by atoms with Crippen LogP contribution < -0.4 is 10.6 Å². The zero-order chi connectivity index (χ0) is 17.6. The summed E-state index contributed by atoms with van der Waals surface area (Å²) in [5.74, 6) is 1.98. The molecule has 140 valence electrons. The Bertz CT molecular complexity index is 682. The van der Waals surface area contributed by atoms with Gasteiger partial charge in [-0.05, 0) is 39.8 Å². The summed E-state index contributed by atoms with van der Waals surface area (Å²) in [6, 6.07) is 3.63. The molecule has 1 atom stereocenters. The zero-order valence-corrected chi connectivity index (χ0v) is 18.3. The van der Waals surface area contributed by atoms with Crippen molar-refractivity contribution < 1.29 is 9.52 Å².